The normalized spacial score (nSPS) is 14.3. The Balaban J connectivity index is 1.66. The average Bonchev–Trinajstić information content (AvgIpc) is 2.88. The minimum absolute atomic E-state index is 0.0297. The zero-order valence-corrected chi connectivity index (χ0v) is 25.5. The topological polar surface area (TPSA) is 108 Å². The van der Waals surface area contributed by atoms with Crippen LogP contribution in [0.2, 0.25) is 10.0 Å². The van der Waals surface area contributed by atoms with Crippen LogP contribution in [-0.2, 0) is 32.0 Å². The molecule has 0 unspecified atom stereocenters. The Morgan fingerprint density at radius 1 is 0.976 bits per heavy atom. The van der Waals surface area contributed by atoms with Gasteiger partial charge in [-0.05, 0) is 57.0 Å². The molecule has 0 aliphatic carbocycles. The number of nitrogens with one attached hydrogen (secondary N) is 2. The van der Waals surface area contributed by atoms with Gasteiger partial charge in [0.05, 0.1) is 0 Å². The number of amides is 3. The van der Waals surface area contributed by atoms with E-state index in [-0.39, 0.29) is 37.0 Å². The lowest BCUT2D eigenvalue weighted by atomic mass is 10.0. The number of para-hydroxylation sites is 1. The highest BCUT2D eigenvalue weighted by Crippen LogP contribution is 2.25. The van der Waals surface area contributed by atoms with Crippen LogP contribution in [0.15, 0.2) is 42.5 Å². The van der Waals surface area contributed by atoms with Crippen molar-refractivity contribution in [3.63, 3.8) is 0 Å². The summed E-state index contributed by atoms with van der Waals surface area (Å²) in [6.07, 6.45) is -0.109. The second-order valence-corrected chi connectivity index (χ2v) is 11.9. The number of piperazine rings is 1. The first-order valence-electron chi connectivity index (χ1n) is 13.6. The van der Waals surface area contributed by atoms with E-state index in [0.29, 0.717) is 48.2 Å². The van der Waals surface area contributed by atoms with Gasteiger partial charge in [-0.3, -0.25) is 14.4 Å². The molecule has 2 aromatic rings. The highest BCUT2D eigenvalue weighted by molar-refractivity contribution is 6.35. The van der Waals surface area contributed by atoms with E-state index in [9.17, 15) is 19.2 Å². The smallest absolute Gasteiger partial charge is 0.407 e. The van der Waals surface area contributed by atoms with Crippen molar-refractivity contribution in [3.8, 4) is 0 Å². The van der Waals surface area contributed by atoms with Crippen LogP contribution in [0.25, 0.3) is 0 Å². The molecule has 3 amide bonds. The van der Waals surface area contributed by atoms with Crippen molar-refractivity contribution < 1.29 is 23.9 Å². The van der Waals surface area contributed by atoms with Gasteiger partial charge in [0, 0.05) is 67.7 Å². The maximum atomic E-state index is 13.7. The van der Waals surface area contributed by atoms with Crippen LogP contribution >= 0.6 is 23.2 Å². The Morgan fingerprint density at radius 3 is 2.29 bits per heavy atom. The Hall–Kier alpha value is -3.30. The van der Waals surface area contributed by atoms with Crippen molar-refractivity contribution in [3.05, 3.63) is 63.6 Å². The highest BCUT2D eigenvalue weighted by Gasteiger charge is 2.30. The maximum Gasteiger partial charge on any atom is 0.407 e. The summed E-state index contributed by atoms with van der Waals surface area (Å²) in [5.74, 6) is -0.519. The lowest BCUT2D eigenvalue weighted by molar-refractivity contribution is -0.136. The molecule has 2 aromatic carbocycles. The molecule has 1 aliphatic rings. The average molecular weight is 606 g/mol. The van der Waals surface area contributed by atoms with Crippen molar-refractivity contribution in [1.82, 2.24) is 15.5 Å². The van der Waals surface area contributed by atoms with E-state index in [4.69, 9.17) is 27.9 Å². The van der Waals surface area contributed by atoms with Gasteiger partial charge in [-0.25, -0.2) is 4.79 Å². The summed E-state index contributed by atoms with van der Waals surface area (Å²) in [5, 5.41) is 6.27. The fourth-order valence-electron chi connectivity index (χ4n) is 4.59. The molecule has 3 rings (SSSR count). The third-order valence-corrected chi connectivity index (χ3v) is 7.04. The van der Waals surface area contributed by atoms with Crippen molar-refractivity contribution >= 4 is 52.6 Å². The number of rotatable bonds is 10. The first kappa shape index (κ1) is 32.2. The van der Waals surface area contributed by atoms with Crippen LogP contribution in [0.5, 0.6) is 0 Å². The number of anilines is 1. The molecular weight excluding hydrogens is 567 g/mol. The molecule has 0 aromatic heterocycles. The molecule has 0 saturated carbocycles. The van der Waals surface area contributed by atoms with Crippen LogP contribution in [-0.4, -0.2) is 73.0 Å². The van der Waals surface area contributed by atoms with E-state index < -0.39 is 17.7 Å². The Bertz CT molecular complexity index is 1260. The van der Waals surface area contributed by atoms with Crippen LogP contribution in [0.4, 0.5) is 10.5 Å². The maximum absolute atomic E-state index is 13.7. The van der Waals surface area contributed by atoms with E-state index >= 15 is 0 Å². The first-order valence-corrected chi connectivity index (χ1v) is 14.4. The molecule has 222 valence electrons. The molecule has 0 bridgehead atoms. The third-order valence-electron chi connectivity index (χ3n) is 6.46. The largest absolute Gasteiger partial charge is 0.444 e. The summed E-state index contributed by atoms with van der Waals surface area (Å²) in [6, 6.07) is 12.0. The standard InChI is InChI=1S/C30H38Cl2N4O5/c1-20(37)17-22-7-5-6-8-26(22)35-13-15-36(16-14-35)28(39)25(18-21-9-10-23(31)19-24(21)32)34-27(38)11-12-33-29(40)41-30(2,3)4/h5-10,19,25H,11-18H2,1-4H3,(H,33,40)(H,34,38)/t25-/m1/s1. The number of carbonyl (C=O) groups excluding carboxylic acids is 4. The Kier molecular flexibility index (Phi) is 11.4. The SMILES string of the molecule is CC(=O)Cc1ccccc1N1CCN(C(=O)[C@@H](Cc2ccc(Cl)cc2Cl)NC(=O)CCNC(=O)OC(C)(C)C)CC1. The van der Waals surface area contributed by atoms with Gasteiger partial charge in [-0.2, -0.15) is 0 Å². The molecule has 1 saturated heterocycles. The van der Waals surface area contributed by atoms with Gasteiger partial charge in [0.2, 0.25) is 11.8 Å². The van der Waals surface area contributed by atoms with Crippen molar-refractivity contribution in [2.24, 2.45) is 0 Å². The van der Waals surface area contributed by atoms with E-state index in [0.717, 1.165) is 11.3 Å². The monoisotopic (exact) mass is 604 g/mol. The number of Topliss-reactive ketones (excluding diaryl/α,β-unsaturated/α-hetero) is 1. The number of hydrogen-bond donors (Lipinski definition) is 2. The zero-order valence-electron chi connectivity index (χ0n) is 24.0. The van der Waals surface area contributed by atoms with Gasteiger partial charge in [0.15, 0.2) is 0 Å². The molecule has 41 heavy (non-hydrogen) atoms. The van der Waals surface area contributed by atoms with Crippen LogP contribution in [0.1, 0.15) is 45.2 Å². The number of ketones is 1. The summed E-state index contributed by atoms with van der Waals surface area (Å²) < 4.78 is 5.20. The van der Waals surface area contributed by atoms with Crippen LogP contribution < -0.4 is 15.5 Å². The molecule has 1 atom stereocenters. The van der Waals surface area contributed by atoms with E-state index in [1.165, 1.54) is 0 Å². The van der Waals surface area contributed by atoms with Gasteiger partial charge in [-0.1, -0.05) is 47.5 Å². The summed E-state index contributed by atoms with van der Waals surface area (Å²) in [5.41, 5.74) is 1.98. The number of hydrogen-bond acceptors (Lipinski definition) is 6. The summed E-state index contributed by atoms with van der Waals surface area (Å²) in [4.78, 5) is 54.1. The van der Waals surface area contributed by atoms with Gasteiger partial charge < -0.3 is 25.2 Å². The number of ether oxygens (including phenoxy) is 1. The van der Waals surface area contributed by atoms with Crippen molar-refractivity contribution in [1.29, 1.82) is 0 Å². The molecule has 1 aliphatic heterocycles. The number of halogens is 2. The molecule has 1 fully saturated rings. The number of benzene rings is 2. The number of nitrogens with zero attached hydrogens (tertiary/aromatic N) is 2. The van der Waals surface area contributed by atoms with E-state index in [2.05, 4.69) is 15.5 Å². The predicted molar refractivity (Wildman–Crippen MR) is 161 cm³/mol. The summed E-state index contributed by atoms with van der Waals surface area (Å²) in [6.45, 7) is 8.96. The van der Waals surface area contributed by atoms with Gasteiger partial charge in [-0.15, -0.1) is 0 Å². The molecular formula is C30H38Cl2N4O5. The van der Waals surface area contributed by atoms with E-state index in [1.54, 1.807) is 50.8 Å². The molecule has 0 spiro atoms. The Morgan fingerprint density at radius 2 is 1.66 bits per heavy atom. The van der Waals surface area contributed by atoms with Gasteiger partial charge >= 0.3 is 6.09 Å². The zero-order chi connectivity index (χ0) is 30.2. The fraction of sp³-hybridized carbons (Fsp3) is 0.467. The quantitative estimate of drug-likeness (QED) is 0.416. The molecule has 0 radical (unpaired) electrons. The van der Waals surface area contributed by atoms with E-state index in [1.807, 2.05) is 24.3 Å². The Labute approximate surface area is 251 Å². The first-order chi connectivity index (χ1) is 19.3. The predicted octanol–water partition coefficient (Wildman–Crippen LogP) is 4.42. The lowest BCUT2D eigenvalue weighted by Crippen LogP contribution is -2.56. The minimum atomic E-state index is -0.862. The number of alkyl carbamates (subject to hydrolysis) is 1. The lowest BCUT2D eigenvalue weighted by Gasteiger charge is -2.38. The molecule has 11 heteroatoms. The molecule has 9 nitrogen and oxygen atoms in total. The fourth-order valence-corrected chi connectivity index (χ4v) is 5.08. The van der Waals surface area contributed by atoms with Crippen molar-refractivity contribution in [2.45, 2.75) is 58.6 Å². The second-order valence-electron chi connectivity index (χ2n) is 11.1. The molecule has 1 heterocycles. The summed E-state index contributed by atoms with van der Waals surface area (Å²) in [7, 11) is 0. The molecule has 2 N–H and O–H groups in total. The van der Waals surface area contributed by atoms with Crippen LogP contribution in [0, 0.1) is 0 Å². The van der Waals surface area contributed by atoms with Gasteiger partial charge in [0.1, 0.15) is 17.4 Å². The summed E-state index contributed by atoms with van der Waals surface area (Å²) >= 11 is 12.4. The van der Waals surface area contributed by atoms with Crippen molar-refractivity contribution in [2.75, 3.05) is 37.6 Å². The van der Waals surface area contributed by atoms with Crippen LogP contribution in [0.3, 0.4) is 0 Å². The van der Waals surface area contributed by atoms with Gasteiger partial charge in [0.25, 0.3) is 0 Å². The second kappa shape index (κ2) is 14.5. The number of carbonyl (C=O) groups is 4. The highest BCUT2D eigenvalue weighted by atomic mass is 35.5. The third kappa shape index (κ3) is 10.2. The minimum Gasteiger partial charge on any atom is -0.444 e.